The maximum atomic E-state index is 13.3. The molecule has 0 unspecified atom stereocenters. The Kier molecular flexibility index (Phi) is 6.80. The lowest BCUT2D eigenvalue weighted by Crippen LogP contribution is -2.19. The Balaban J connectivity index is 2.28. The zero-order chi connectivity index (χ0) is 19.0. The second-order valence-corrected chi connectivity index (χ2v) is 7.50. The van der Waals surface area contributed by atoms with E-state index in [9.17, 15) is 17.6 Å². The second kappa shape index (κ2) is 9.05. The van der Waals surface area contributed by atoms with Crippen molar-refractivity contribution in [3.8, 4) is 0 Å². The van der Waals surface area contributed by atoms with Crippen LogP contribution in [-0.2, 0) is 25.1 Å². The van der Waals surface area contributed by atoms with Crippen molar-refractivity contribution in [3.63, 3.8) is 0 Å². The molecule has 136 valence electrons. The minimum absolute atomic E-state index is 0.0917. The number of rotatable bonds is 7. The highest BCUT2D eigenvalue weighted by Gasteiger charge is 2.19. The lowest BCUT2D eigenvalue weighted by atomic mass is 10.1. The molecule has 7 heteroatoms. The molecule has 2 rings (SSSR count). The van der Waals surface area contributed by atoms with Crippen LogP contribution in [0.1, 0.15) is 11.1 Å². The highest BCUT2D eigenvalue weighted by molar-refractivity contribution is 7.90. The first kappa shape index (κ1) is 19.5. The van der Waals surface area contributed by atoms with Gasteiger partial charge in [-0.15, -0.1) is 0 Å². The quantitative estimate of drug-likeness (QED) is 0.551. The molecule has 0 heterocycles. The average Bonchev–Trinajstić information content (AvgIpc) is 2.65. The fraction of sp³-hybridized carbons (Fsp3) is 0.158. The van der Waals surface area contributed by atoms with Gasteiger partial charge in [-0.25, -0.2) is 22.6 Å². The first-order valence-corrected chi connectivity index (χ1v) is 9.53. The Morgan fingerprint density at radius 3 is 2.19 bits per heavy atom. The smallest absolute Gasteiger partial charge is 0.357 e. The van der Waals surface area contributed by atoms with Crippen LogP contribution >= 0.6 is 0 Å². The van der Waals surface area contributed by atoms with E-state index < -0.39 is 21.6 Å². The molecule has 0 saturated carbocycles. The summed E-state index contributed by atoms with van der Waals surface area (Å²) in [5, 5.41) is 0. The predicted molar refractivity (Wildman–Crippen MR) is 98.1 cm³/mol. The molecule has 0 N–H and O–H groups in total. The normalized spacial score (nSPS) is 12.7. The van der Waals surface area contributed by atoms with Gasteiger partial charge in [0.2, 0.25) is 0 Å². The van der Waals surface area contributed by atoms with Crippen molar-refractivity contribution in [2.24, 2.45) is 4.99 Å². The Bertz CT molecular complexity index is 907. The molecule has 0 atom stereocenters. The maximum absolute atomic E-state index is 13.3. The molecule has 0 radical (unpaired) electrons. The first-order valence-electron chi connectivity index (χ1n) is 7.71. The maximum Gasteiger partial charge on any atom is 0.357 e. The molecule has 0 aromatic heterocycles. The van der Waals surface area contributed by atoms with Gasteiger partial charge in [0.05, 0.1) is 24.3 Å². The molecule has 2 aromatic rings. The van der Waals surface area contributed by atoms with E-state index in [0.29, 0.717) is 11.1 Å². The van der Waals surface area contributed by atoms with E-state index in [1.54, 1.807) is 60.7 Å². The summed E-state index contributed by atoms with van der Waals surface area (Å²) in [5.41, 5.74) is 0.460. The molecule has 0 spiro atoms. The Labute approximate surface area is 151 Å². The monoisotopic (exact) mass is 375 g/mol. The summed E-state index contributed by atoms with van der Waals surface area (Å²) in [6.45, 7) is 0. The van der Waals surface area contributed by atoms with Crippen molar-refractivity contribution in [2.45, 2.75) is 5.75 Å². The fourth-order valence-corrected chi connectivity index (χ4v) is 3.64. The van der Waals surface area contributed by atoms with E-state index in [2.05, 4.69) is 9.73 Å². The number of methoxy groups -OCH3 is 1. The highest BCUT2D eigenvalue weighted by atomic mass is 32.2. The molecule has 0 saturated heterocycles. The largest absolute Gasteiger partial charge is 0.464 e. The summed E-state index contributed by atoms with van der Waals surface area (Å²) >= 11 is 0. The van der Waals surface area contributed by atoms with Crippen LogP contribution < -0.4 is 0 Å². The molecule has 0 aliphatic rings. The van der Waals surface area contributed by atoms with Gasteiger partial charge in [-0.1, -0.05) is 60.7 Å². The summed E-state index contributed by atoms with van der Waals surface area (Å²) in [5.74, 6) is -1.67. The highest BCUT2D eigenvalue weighted by Crippen LogP contribution is 2.13. The molecule has 26 heavy (non-hydrogen) atoms. The van der Waals surface area contributed by atoms with E-state index in [4.69, 9.17) is 0 Å². The molecule has 2 aromatic carbocycles. The zero-order valence-electron chi connectivity index (χ0n) is 14.1. The van der Waals surface area contributed by atoms with Gasteiger partial charge in [0.25, 0.3) is 0 Å². The van der Waals surface area contributed by atoms with Crippen LogP contribution in [0, 0.1) is 0 Å². The molecule has 0 fully saturated rings. The Morgan fingerprint density at radius 2 is 1.65 bits per heavy atom. The van der Waals surface area contributed by atoms with Crippen molar-refractivity contribution in [1.82, 2.24) is 0 Å². The molecular formula is C19H18FNO4S. The van der Waals surface area contributed by atoms with Gasteiger partial charge in [0, 0.05) is 5.56 Å². The number of ether oxygens (including phenoxy) is 1. The minimum Gasteiger partial charge on any atom is -0.464 e. The van der Waals surface area contributed by atoms with Crippen LogP contribution in [0.4, 0.5) is 4.39 Å². The van der Waals surface area contributed by atoms with E-state index in [1.807, 2.05) is 0 Å². The fourth-order valence-electron chi connectivity index (χ4n) is 2.26. The van der Waals surface area contributed by atoms with Gasteiger partial charge in [0.15, 0.2) is 15.5 Å². The summed E-state index contributed by atoms with van der Waals surface area (Å²) < 4.78 is 42.6. The van der Waals surface area contributed by atoms with E-state index in [-0.39, 0.29) is 23.5 Å². The zero-order valence-corrected chi connectivity index (χ0v) is 14.9. The van der Waals surface area contributed by atoms with Crippen LogP contribution in [0.2, 0.25) is 0 Å². The number of carbonyl (C=O) groups excluding carboxylic acids is 1. The summed E-state index contributed by atoms with van der Waals surface area (Å²) in [6, 6.07) is 16.9. The molecule has 0 aliphatic heterocycles. The standard InChI is InChI=1S/C19H18FNO4S/c1-25-19(22)18(16-10-6-3-7-11-16)21-17(12-20)14-26(23,24)13-15-8-4-2-5-9-15/h2-12H,13-14H2,1H3/b17-12-,21-18?. The number of hydrogen-bond acceptors (Lipinski definition) is 5. The SMILES string of the molecule is COC(=O)C(=N/C(=C\F)CS(=O)(=O)Cc1ccccc1)c1ccccc1. The van der Waals surface area contributed by atoms with Crippen molar-refractivity contribution in [3.05, 3.63) is 83.8 Å². The number of halogens is 1. The van der Waals surface area contributed by atoms with Crippen LogP contribution in [0.15, 0.2) is 77.7 Å². The molecule has 0 amide bonds. The lowest BCUT2D eigenvalue weighted by molar-refractivity contribution is -0.132. The molecule has 0 bridgehead atoms. The molecule has 0 aliphatic carbocycles. The second-order valence-electron chi connectivity index (χ2n) is 5.44. The van der Waals surface area contributed by atoms with Crippen molar-refractivity contribution >= 4 is 21.5 Å². The number of aliphatic imine (C=N–C) groups is 1. The predicted octanol–water partition coefficient (Wildman–Crippen LogP) is 3.07. The van der Waals surface area contributed by atoms with Gasteiger partial charge in [-0.2, -0.15) is 0 Å². The van der Waals surface area contributed by atoms with Gasteiger partial charge in [0.1, 0.15) is 6.33 Å². The minimum atomic E-state index is -3.67. The number of benzene rings is 2. The van der Waals surface area contributed by atoms with Gasteiger partial charge >= 0.3 is 5.97 Å². The molecule has 5 nitrogen and oxygen atoms in total. The van der Waals surface area contributed by atoms with Crippen molar-refractivity contribution in [2.75, 3.05) is 12.9 Å². The van der Waals surface area contributed by atoms with Crippen molar-refractivity contribution < 1.29 is 22.3 Å². The van der Waals surface area contributed by atoms with Crippen LogP contribution in [0.5, 0.6) is 0 Å². The third kappa shape index (κ3) is 5.63. The topological polar surface area (TPSA) is 72.8 Å². The summed E-state index contributed by atoms with van der Waals surface area (Å²) in [4.78, 5) is 15.9. The third-order valence-corrected chi connectivity index (χ3v) is 4.91. The summed E-state index contributed by atoms with van der Waals surface area (Å²) in [7, 11) is -2.50. The van der Waals surface area contributed by atoms with Crippen molar-refractivity contribution in [1.29, 1.82) is 0 Å². The third-order valence-electron chi connectivity index (χ3n) is 3.40. The van der Waals surface area contributed by atoms with E-state index in [1.165, 1.54) is 7.11 Å². The number of hydrogen-bond donors (Lipinski definition) is 0. The van der Waals surface area contributed by atoms with Gasteiger partial charge < -0.3 is 4.74 Å². The molecular weight excluding hydrogens is 357 g/mol. The number of nitrogens with zero attached hydrogens (tertiary/aromatic N) is 1. The average molecular weight is 375 g/mol. The first-order chi connectivity index (χ1) is 12.4. The number of esters is 1. The van der Waals surface area contributed by atoms with E-state index in [0.717, 1.165) is 0 Å². The van der Waals surface area contributed by atoms with Crippen LogP contribution in [0.3, 0.4) is 0 Å². The van der Waals surface area contributed by atoms with Crippen LogP contribution in [-0.4, -0.2) is 33.0 Å². The van der Waals surface area contributed by atoms with E-state index >= 15 is 0 Å². The van der Waals surface area contributed by atoms with Crippen LogP contribution in [0.25, 0.3) is 0 Å². The summed E-state index contributed by atoms with van der Waals surface area (Å²) in [6.07, 6.45) is 0.0917. The lowest BCUT2D eigenvalue weighted by Gasteiger charge is -2.08. The number of sulfone groups is 1. The van der Waals surface area contributed by atoms with Gasteiger partial charge in [-0.3, -0.25) is 0 Å². The van der Waals surface area contributed by atoms with Gasteiger partial charge in [-0.05, 0) is 5.56 Å². The Morgan fingerprint density at radius 1 is 1.08 bits per heavy atom. The number of carbonyl (C=O) groups is 1. The Hall–Kier alpha value is -2.80.